The molecule has 0 spiro atoms. The SMILES string of the molecule is C=CCCC1CCC(c2ccc(CCC3CCC(c4ccc(OCCCC)c(F)c4F)CC3)cc2)CC1. The summed E-state index contributed by atoms with van der Waals surface area (Å²) >= 11 is 0. The number of allylic oxidation sites excluding steroid dienone is 1. The third kappa shape index (κ3) is 7.68. The molecule has 0 unspecified atom stereocenters. The van der Waals surface area contributed by atoms with Gasteiger partial charge in [-0.25, -0.2) is 4.39 Å². The van der Waals surface area contributed by atoms with Gasteiger partial charge >= 0.3 is 0 Å². The number of ether oxygens (including phenoxy) is 1. The van der Waals surface area contributed by atoms with Crippen LogP contribution >= 0.6 is 0 Å². The van der Waals surface area contributed by atoms with Gasteiger partial charge in [-0.2, -0.15) is 4.39 Å². The molecule has 0 aliphatic heterocycles. The van der Waals surface area contributed by atoms with E-state index in [-0.39, 0.29) is 11.7 Å². The lowest BCUT2D eigenvalue weighted by atomic mass is 9.76. The summed E-state index contributed by atoms with van der Waals surface area (Å²) in [6, 6.07) is 12.8. The highest BCUT2D eigenvalue weighted by Crippen LogP contribution is 2.40. The first-order valence-corrected chi connectivity index (χ1v) is 14.9. The molecular weight excluding hydrogens is 462 g/mol. The third-order valence-corrected chi connectivity index (χ3v) is 9.04. The predicted octanol–water partition coefficient (Wildman–Crippen LogP) is 10.3. The third-order valence-electron chi connectivity index (χ3n) is 9.04. The molecule has 37 heavy (non-hydrogen) atoms. The van der Waals surface area contributed by atoms with Crippen LogP contribution in [0.3, 0.4) is 0 Å². The van der Waals surface area contributed by atoms with Crippen molar-refractivity contribution in [3.63, 3.8) is 0 Å². The van der Waals surface area contributed by atoms with E-state index in [1.165, 1.54) is 49.7 Å². The number of halogens is 2. The van der Waals surface area contributed by atoms with Crippen molar-refractivity contribution in [1.29, 1.82) is 0 Å². The second-order valence-corrected chi connectivity index (χ2v) is 11.6. The smallest absolute Gasteiger partial charge is 0.200 e. The molecule has 0 saturated heterocycles. The van der Waals surface area contributed by atoms with Crippen LogP contribution in [0.2, 0.25) is 0 Å². The van der Waals surface area contributed by atoms with E-state index in [2.05, 4.69) is 36.9 Å². The Morgan fingerprint density at radius 2 is 1.46 bits per heavy atom. The fourth-order valence-electron chi connectivity index (χ4n) is 6.53. The second kappa shape index (κ2) is 14.1. The molecule has 1 nitrogen and oxygen atoms in total. The quantitative estimate of drug-likeness (QED) is 0.205. The van der Waals surface area contributed by atoms with E-state index in [9.17, 15) is 8.78 Å². The van der Waals surface area contributed by atoms with Gasteiger partial charge in [0.05, 0.1) is 6.61 Å². The maximum atomic E-state index is 14.8. The summed E-state index contributed by atoms with van der Waals surface area (Å²) in [6.07, 6.45) is 18.0. The Bertz CT molecular complexity index is 966. The van der Waals surface area contributed by atoms with Crippen LogP contribution in [-0.4, -0.2) is 6.61 Å². The zero-order chi connectivity index (χ0) is 26.0. The molecule has 202 valence electrons. The van der Waals surface area contributed by atoms with Gasteiger partial charge in [-0.05, 0) is 130 Å². The highest BCUT2D eigenvalue weighted by Gasteiger charge is 2.27. The maximum Gasteiger partial charge on any atom is 0.200 e. The van der Waals surface area contributed by atoms with E-state index in [0.717, 1.165) is 63.2 Å². The molecule has 2 aliphatic carbocycles. The molecule has 2 aromatic carbocycles. The van der Waals surface area contributed by atoms with E-state index in [1.807, 2.05) is 6.92 Å². The van der Waals surface area contributed by atoms with E-state index in [4.69, 9.17) is 4.74 Å². The van der Waals surface area contributed by atoms with Gasteiger partial charge in [-0.15, -0.1) is 6.58 Å². The van der Waals surface area contributed by atoms with Crippen molar-refractivity contribution < 1.29 is 13.5 Å². The molecule has 0 aromatic heterocycles. The van der Waals surface area contributed by atoms with Gasteiger partial charge in [0.2, 0.25) is 5.82 Å². The van der Waals surface area contributed by atoms with Gasteiger partial charge in [0.15, 0.2) is 11.6 Å². The van der Waals surface area contributed by atoms with Crippen LogP contribution in [0.1, 0.15) is 119 Å². The molecule has 3 heteroatoms. The van der Waals surface area contributed by atoms with Crippen LogP contribution in [0.4, 0.5) is 8.78 Å². The average Bonchev–Trinajstić information content (AvgIpc) is 2.94. The zero-order valence-corrected chi connectivity index (χ0v) is 22.8. The van der Waals surface area contributed by atoms with Crippen molar-refractivity contribution in [3.8, 4) is 5.75 Å². The Morgan fingerprint density at radius 3 is 2.11 bits per heavy atom. The summed E-state index contributed by atoms with van der Waals surface area (Å²) in [7, 11) is 0. The molecule has 0 bridgehead atoms. The Kier molecular flexibility index (Phi) is 10.6. The first-order valence-electron chi connectivity index (χ1n) is 14.9. The Labute approximate surface area is 223 Å². The summed E-state index contributed by atoms with van der Waals surface area (Å²) in [5.74, 6) is 0.927. The van der Waals surface area contributed by atoms with Crippen LogP contribution < -0.4 is 4.74 Å². The molecular formula is C34H46F2O. The van der Waals surface area contributed by atoms with Crippen LogP contribution in [-0.2, 0) is 6.42 Å². The maximum absolute atomic E-state index is 14.8. The second-order valence-electron chi connectivity index (χ2n) is 11.6. The minimum Gasteiger partial charge on any atom is -0.490 e. The van der Waals surface area contributed by atoms with Crippen LogP contribution in [0.5, 0.6) is 5.75 Å². The molecule has 2 aliphatic rings. The van der Waals surface area contributed by atoms with Crippen molar-refractivity contribution in [2.24, 2.45) is 11.8 Å². The van der Waals surface area contributed by atoms with Gasteiger partial charge in [-0.1, -0.05) is 49.8 Å². The first-order chi connectivity index (χ1) is 18.1. The van der Waals surface area contributed by atoms with Gasteiger partial charge in [0.25, 0.3) is 0 Å². The van der Waals surface area contributed by atoms with Crippen molar-refractivity contribution in [2.45, 2.75) is 109 Å². The summed E-state index contributed by atoms with van der Waals surface area (Å²) in [5.41, 5.74) is 3.48. The van der Waals surface area contributed by atoms with Crippen LogP contribution in [0.15, 0.2) is 49.1 Å². The monoisotopic (exact) mass is 508 g/mol. The van der Waals surface area contributed by atoms with E-state index >= 15 is 0 Å². The largest absolute Gasteiger partial charge is 0.490 e. The minimum absolute atomic E-state index is 0.0469. The number of benzene rings is 2. The van der Waals surface area contributed by atoms with Crippen molar-refractivity contribution in [3.05, 3.63) is 77.4 Å². The predicted molar refractivity (Wildman–Crippen MR) is 150 cm³/mol. The van der Waals surface area contributed by atoms with Gasteiger partial charge in [0.1, 0.15) is 0 Å². The zero-order valence-electron chi connectivity index (χ0n) is 22.8. The standard InChI is InChI=1S/C34H46F2O/c1-3-5-7-25-10-16-28(17-11-25)29-18-12-26(13-19-29)8-9-27-14-20-30(21-15-27)31-22-23-32(34(36)33(31)35)37-24-6-4-2/h3,12-13,18-19,22-23,25,27-28,30H,1,4-11,14-17,20-21,24H2,2H3. The van der Waals surface area contributed by atoms with Crippen LogP contribution in [0, 0.1) is 23.5 Å². The van der Waals surface area contributed by atoms with Gasteiger partial charge < -0.3 is 4.74 Å². The van der Waals surface area contributed by atoms with E-state index in [1.54, 1.807) is 12.1 Å². The summed E-state index contributed by atoms with van der Waals surface area (Å²) in [5, 5.41) is 0. The molecule has 0 N–H and O–H groups in total. The Balaban J connectivity index is 1.21. The fourth-order valence-corrected chi connectivity index (χ4v) is 6.53. The van der Waals surface area contributed by atoms with Crippen LogP contribution in [0.25, 0.3) is 0 Å². The van der Waals surface area contributed by atoms with Crippen molar-refractivity contribution >= 4 is 0 Å². The van der Waals surface area contributed by atoms with Gasteiger partial charge in [0, 0.05) is 0 Å². The summed E-state index contributed by atoms with van der Waals surface area (Å²) < 4.78 is 34.8. The van der Waals surface area contributed by atoms with Gasteiger partial charge in [-0.3, -0.25) is 0 Å². The van der Waals surface area contributed by atoms with Crippen molar-refractivity contribution in [2.75, 3.05) is 6.61 Å². The molecule has 4 rings (SSSR count). The number of rotatable bonds is 12. The Morgan fingerprint density at radius 1 is 0.811 bits per heavy atom. The van der Waals surface area contributed by atoms with Crippen molar-refractivity contribution in [1.82, 2.24) is 0 Å². The lowest BCUT2D eigenvalue weighted by Crippen LogP contribution is -2.16. The normalized spacial score (nSPS) is 24.1. The lowest BCUT2D eigenvalue weighted by Gasteiger charge is -2.29. The first kappa shape index (κ1) is 27.9. The highest BCUT2D eigenvalue weighted by molar-refractivity contribution is 5.33. The molecule has 2 aromatic rings. The Hall–Kier alpha value is -2.16. The molecule has 2 fully saturated rings. The van der Waals surface area contributed by atoms with E-state index < -0.39 is 11.6 Å². The molecule has 0 amide bonds. The topological polar surface area (TPSA) is 9.23 Å². The average molecular weight is 509 g/mol. The fraction of sp³-hybridized carbons (Fsp3) is 0.588. The summed E-state index contributed by atoms with van der Waals surface area (Å²) in [4.78, 5) is 0. The molecule has 0 atom stereocenters. The number of unbranched alkanes of at least 4 members (excludes halogenated alkanes) is 1. The number of hydrogen-bond donors (Lipinski definition) is 0. The minimum atomic E-state index is -0.820. The van der Waals surface area contributed by atoms with E-state index in [0.29, 0.717) is 18.1 Å². The molecule has 2 saturated carbocycles. The summed E-state index contributed by atoms with van der Waals surface area (Å²) in [6.45, 7) is 6.34. The highest BCUT2D eigenvalue weighted by atomic mass is 19.2. The molecule has 0 heterocycles. The number of aryl methyl sites for hydroxylation is 1. The lowest BCUT2D eigenvalue weighted by molar-refractivity contribution is 0.283. The number of hydrogen-bond acceptors (Lipinski definition) is 1. The molecule has 0 radical (unpaired) electrons.